The van der Waals surface area contributed by atoms with Gasteiger partial charge >= 0.3 is 0 Å². The summed E-state index contributed by atoms with van der Waals surface area (Å²) in [5.41, 5.74) is 1.66. The Morgan fingerprint density at radius 1 is 0.722 bits per heavy atom. The lowest BCUT2D eigenvalue weighted by Gasteiger charge is -2.36. The number of carbonyl (C=O) groups excluding carboxylic acids is 3. The summed E-state index contributed by atoms with van der Waals surface area (Å²) in [5, 5.41) is 0.643. The van der Waals surface area contributed by atoms with Crippen molar-refractivity contribution < 1.29 is 22.8 Å². The van der Waals surface area contributed by atoms with Crippen molar-refractivity contribution in [3.63, 3.8) is 0 Å². The van der Waals surface area contributed by atoms with Crippen molar-refractivity contribution in [2.24, 2.45) is 0 Å². The number of carbonyl (C=O) groups is 3. The van der Waals surface area contributed by atoms with Crippen molar-refractivity contribution in [1.29, 1.82) is 0 Å². The van der Waals surface area contributed by atoms with Crippen LogP contribution in [0.25, 0.3) is 0 Å². The Labute approximate surface area is 210 Å². The maximum Gasteiger partial charge on any atom is 0.261 e. The molecule has 0 aliphatic carbocycles. The summed E-state index contributed by atoms with van der Waals surface area (Å²) in [6.07, 6.45) is 0. The number of aryl methyl sites for hydroxylation is 1. The second kappa shape index (κ2) is 10.7. The largest absolute Gasteiger partial charge is 0.336 e. The van der Waals surface area contributed by atoms with Crippen molar-refractivity contribution in [2.45, 2.75) is 17.2 Å². The van der Waals surface area contributed by atoms with Gasteiger partial charge in [-0.1, -0.05) is 54.1 Å². The first-order chi connectivity index (χ1) is 17.3. The van der Waals surface area contributed by atoms with E-state index in [9.17, 15) is 22.8 Å². The summed E-state index contributed by atoms with van der Waals surface area (Å²) < 4.78 is 27.1. The second-order valence-corrected chi connectivity index (χ2v) is 10.6. The average molecular weight is 506 g/mol. The number of nitrogens with zero attached hydrogens (tertiary/aromatic N) is 2. The first-order valence-electron chi connectivity index (χ1n) is 11.6. The molecular formula is C27H27N3O5S. The molecule has 0 radical (unpaired) electrons. The highest BCUT2D eigenvalue weighted by atomic mass is 32.2. The lowest BCUT2D eigenvalue weighted by Crippen LogP contribution is -2.57. The van der Waals surface area contributed by atoms with Gasteiger partial charge in [-0.25, -0.2) is 8.42 Å². The van der Waals surface area contributed by atoms with Crippen LogP contribution in [0.5, 0.6) is 0 Å². The number of rotatable bonds is 6. The number of hydrogen-bond donors (Lipinski definition) is 1. The fourth-order valence-corrected chi connectivity index (χ4v) is 5.45. The molecule has 1 atom stereocenters. The highest BCUT2D eigenvalue weighted by molar-refractivity contribution is 7.92. The zero-order chi connectivity index (χ0) is 25.7. The summed E-state index contributed by atoms with van der Waals surface area (Å²) in [5.74, 6) is -1.54. The summed E-state index contributed by atoms with van der Waals surface area (Å²) in [6.45, 7) is 2.64. The van der Waals surface area contributed by atoms with E-state index in [4.69, 9.17) is 0 Å². The Kier molecular flexibility index (Phi) is 7.49. The summed E-state index contributed by atoms with van der Waals surface area (Å²) in [4.78, 5) is 42.1. The van der Waals surface area contributed by atoms with Crippen LogP contribution in [0.1, 0.15) is 26.3 Å². The molecule has 0 bridgehead atoms. The third-order valence-corrected chi connectivity index (χ3v) is 7.95. The van der Waals surface area contributed by atoms with Gasteiger partial charge in [0.25, 0.3) is 17.7 Å². The molecule has 3 amide bonds. The molecule has 3 aromatic rings. The topological polar surface area (TPSA) is 104 Å². The van der Waals surface area contributed by atoms with Crippen LogP contribution in [-0.2, 0) is 14.6 Å². The predicted molar refractivity (Wildman–Crippen MR) is 135 cm³/mol. The maximum absolute atomic E-state index is 13.5. The Morgan fingerprint density at radius 2 is 1.22 bits per heavy atom. The van der Waals surface area contributed by atoms with E-state index < -0.39 is 27.0 Å². The summed E-state index contributed by atoms with van der Waals surface area (Å²) in [6, 6.07) is 23.1. The number of piperazine rings is 1. The minimum Gasteiger partial charge on any atom is -0.336 e. The Hall–Kier alpha value is -3.98. The summed E-state index contributed by atoms with van der Waals surface area (Å²) >= 11 is 0. The molecule has 3 aromatic carbocycles. The quantitative estimate of drug-likeness (QED) is 0.555. The molecule has 1 N–H and O–H groups in total. The van der Waals surface area contributed by atoms with Crippen LogP contribution in [0.4, 0.5) is 0 Å². The maximum atomic E-state index is 13.5. The number of sulfone groups is 1. The van der Waals surface area contributed by atoms with E-state index in [-0.39, 0.29) is 42.5 Å². The Morgan fingerprint density at radius 3 is 1.78 bits per heavy atom. The van der Waals surface area contributed by atoms with Gasteiger partial charge in [0.1, 0.15) is 0 Å². The summed E-state index contributed by atoms with van der Waals surface area (Å²) in [7, 11) is -4.25. The molecule has 1 aliphatic rings. The van der Waals surface area contributed by atoms with E-state index in [1.165, 1.54) is 17.0 Å². The predicted octanol–water partition coefficient (Wildman–Crippen LogP) is 2.51. The minimum absolute atomic E-state index is 0.0577. The Bertz CT molecular complexity index is 1340. The van der Waals surface area contributed by atoms with Crippen LogP contribution in [0.2, 0.25) is 0 Å². The second-order valence-electron chi connectivity index (χ2n) is 8.56. The molecular weight excluding hydrogens is 478 g/mol. The van der Waals surface area contributed by atoms with E-state index in [1.807, 2.05) is 13.0 Å². The minimum atomic E-state index is -4.25. The van der Waals surface area contributed by atoms with Crippen LogP contribution in [0.3, 0.4) is 0 Å². The van der Waals surface area contributed by atoms with Gasteiger partial charge in [0.2, 0.25) is 15.2 Å². The molecule has 4 rings (SSSR count). The third-order valence-electron chi connectivity index (χ3n) is 6.08. The van der Waals surface area contributed by atoms with E-state index in [0.29, 0.717) is 5.56 Å². The molecule has 1 aliphatic heterocycles. The fourth-order valence-electron chi connectivity index (χ4n) is 3.99. The van der Waals surface area contributed by atoms with Crippen molar-refractivity contribution in [2.75, 3.05) is 26.2 Å². The Balaban J connectivity index is 1.55. The molecule has 1 fully saturated rings. The molecule has 0 spiro atoms. The number of benzene rings is 3. The zero-order valence-corrected chi connectivity index (χ0v) is 20.6. The molecule has 36 heavy (non-hydrogen) atoms. The number of hydrogen-bond acceptors (Lipinski definition) is 5. The average Bonchev–Trinajstić information content (AvgIpc) is 2.92. The normalized spacial score (nSPS) is 14.7. The van der Waals surface area contributed by atoms with Crippen LogP contribution < -0.4 is 5.32 Å². The molecule has 0 saturated carbocycles. The van der Waals surface area contributed by atoms with E-state index >= 15 is 0 Å². The highest BCUT2D eigenvalue weighted by Gasteiger charge is 2.39. The highest BCUT2D eigenvalue weighted by Crippen LogP contribution is 2.19. The monoisotopic (exact) mass is 505 g/mol. The first-order valence-corrected chi connectivity index (χ1v) is 13.1. The van der Waals surface area contributed by atoms with Crippen LogP contribution in [0.15, 0.2) is 89.8 Å². The van der Waals surface area contributed by atoms with Gasteiger partial charge in [-0.3, -0.25) is 14.4 Å². The molecule has 9 heteroatoms. The number of amides is 3. The van der Waals surface area contributed by atoms with Gasteiger partial charge in [0.15, 0.2) is 0 Å². The molecule has 186 valence electrons. The van der Waals surface area contributed by atoms with E-state index in [1.54, 1.807) is 71.6 Å². The van der Waals surface area contributed by atoms with Gasteiger partial charge < -0.3 is 15.1 Å². The van der Waals surface area contributed by atoms with E-state index in [0.717, 1.165) is 5.56 Å². The smallest absolute Gasteiger partial charge is 0.261 e. The van der Waals surface area contributed by atoms with Crippen molar-refractivity contribution in [3.8, 4) is 0 Å². The molecule has 8 nitrogen and oxygen atoms in total. The lowest BCUT2D eigenvalue weighted by molar-refractivity contribution is -0.132. The zero-order valence-electron chi connectivity index (χ0n) is 19.8. The molecule has 1 saturated heterocycles. The lowest BCUT2D eigenvalue weighted by atomic mass is 10.2. The van der Waals surface area contributed by atoms with Gasteiger partial charge in [-0.15, -0.1) is 0 Å². The van der Waals surface area contributed by atoms with Gasteiger partial charge in [0.05, 0.1) is 4.90 Å². The van der Waals surface area contributed by atoms with Crippen molar-refractivity contribution in [1.82, 2.24) is 15.1 Å². The van der Waals surface area contributed by atoms with Gasteiger partial charge in [0, 0.05) is 37.3 Å². The van der Waals surface area contributed by atoms with Crippen LogP contribution in [0, 0.1) is 6.92 Å². The fraction of sp³-hybridized carbons (Fsp3) is 0.222. The molecule has 0 aromatic heterocycles. The SMILES string of the molecule is Cc1ccc(S(=O)(=O)C(NC(=O)c2ccccc2)C(=O)N2CCN(C(=O)c3ccccc3)CC2)cc1. The van der Waals surface area contributed by atoms with Crippen molar-refractivity contribution in [3.05, 3.63) is 102 Å². The van der Waals surface area contributed by atoms with Crippen LogP contribution in [-0.4, -0.2) is 67.5 Å². The van der Waals surface area contributed by atoms with Gasteiger partial charge in [-0.2, -0.15) is 0 Å². The standard InChI is InChI=1S/C27H27N3O5S/c1-20-12-14-23(15-13-20)36(34,35)25(28-24(31)21-8-4-2-5-9-21)27(33)30-18-16-29(17-19-30)26(32)22-10-6-3-7-11-22/h2-15,25H,16-19H2,1H3,(H,28,31). The van der Waals surface area contributed by atoms with Gasteiger partial charge in [-0.05, 0) is 43.3 Å². The molecule has 1 unspecified atom stereocenters. The third kappa shape index (κ3) is 5.46. The number of nitrogens with one attached hydrogen (secondary N) is 1. The van der Waals surface area contributed by atoms with E-state index in [2.05, 4.69) is 5.32 Å². The molecule has 1 heterocycles. The van der Waals surface area contributed by atoms with Crippen molar-refractivity contribution >= 4 is 27.6 Å². The first kappa shape index (κ1) is 25.1. The van der Waals surface area contributed by atoms with Crippen LogP contribution >= 0.6 is 0 Å².